The van der Waals surface area contributed by atoms with Gasteiger partial charge in [-0.1, -0.05) is 0 Å². The van der Waals surface area contributed by atoms with Crippen molar-refractivity contribution >= 4 is 40.2 Å². The van der Waals surface area contributed by atoms with Crippen LogP contribution in [0.25, 0.3) is 21.5 Å². The van der Waals surface area contributed by atoms with Gasteiger partial charge in [0.05, 0.1) is 28.9 Å². The molecule has 4 aromatic rings. The molecular weight excluding hydrogens is 429 g/mol. The highest BCUT2D eigenvalue weighted by Crippen LogP contribution is 2.32. The first-order chi connectivity index (χ1) is 15.5. The van der Waals surface area contributed by atoms with E-state index in [9.17, 15) is 9.18 Å². The Kier molecular flexibility index (Phi) is 6.36. The van der Waals surface area contributed by atoms with Gasteiger partial charge >= 0.3 is 0 Å². The van der Waals surface area contributed by atoms with Gasteiger partial charge in [-0.15, -0.1) is 11.3 Å². The number of thiophene rings is 1. The summed E-state index contributed by atoms with van der Waals surface area (Å²) in [5, 5.41) is 6.00. The second kappa shape index (κ2) is 9.35. The van der Waals surface area contributed by atoms with E-state index in [1.54, 1.807) is 18.1 Å². The zero-order valence-electron chi connectivity index (χ0n) is 18.1. The Hall–Kier alpha value is -3.46. The van der Waals surface area contributed by atoms with Crippen molar-refractivity contribution in [3.05, 3.63) is 53.6 Å². The summed E-state index contributed by atoms with van der Waals surface area (Å²) in [7, 11) is 1.59. The number of amides is 1. The lowest BCUT2D eigenvalue weighted by atomic mass is 10.2. The Balaban J connectivity index is 1.49. The summed E-state index contributed by atoms with van der Waals surface area (Å²) in [5.41, 5.74) is 3.12. The van der Waals surface area contributed by atoms with E-state index in [0.717, 1.165) is 33.7 Å². The molecule has 0 fully saturated rings. The van der Waals surface area contributed by atoms with Crippen LogP contribution in [0.2, 0.25) is 0 Å². The number of nitrogens with one attached hydrogen (secondary N) is 1. The maximum Gasteiger partial charge on any atom is 0.214 e. The maximum atomic E-state index is 14.5. The smallest absolute Gasteiger partial charge is 0.214 e. The lowest BCUT2D eigenvalue weighted by Crippen LogP contribution is -2.19. The minimum absolute atomic E-state index is 0.275. The highest BCUT2D eigenvalue weighted by molar-refractivity contribution is 7.14. The largest absolute Gasteiger partial charge is 0.496 e. The molecule has 9 heteroatoms. The molecule has 1 amide bonds. The highest BCUT2D eigenvalue weighted by Gasteiger charge is 2.14. The summed E-state index contributed by atoms with van der Waals surface area (Å²) in [6.07, 6.45) is 2.33. The molecule has 0 aliphatic carbocycles. The molecule has 0 spiro atoms. The number of halogens is 1. The van der Waals surface area contributed by atoms with Crippen LogP contribution in [0.5, 0.6) is 5.75 Å². The second-order valence-corrected chi connectivity index (χ2v) is 8.14. The molecule has 166 valence electrons. The van der Waals surface area contributed by atoms with Gasteiger partial charge < -0.3 is 19.5 Å². The minimum atomic E-state index is -0.275. The molecule has 0 bridgehead atoms. The van der Waals surface area contributed by atoms with Gasteiger partial charge in [0, 0.05) is 42.2 Å². The van der Waals surface area contributed by atoms with Crippen LogP contribution in [0, 0.1) is 12.7 Å². The third-order valence-corrected chi connectivity index (χ3v) is 6.28. The van der Waals surface area contributed by atoms with Crippen LogP contribution in [0.3, 0.4) is 0 Å². The number of nitrogens with zero attached hydrogens (tertiary/aromatic N) is 4. The summed E-state index contributed by atoms with van der Waals surface area (Å²) in [6.45, 7) is 5.61. The number of hydrogen-bond donors (Lipinski definition) is 1. The molecule has 7 nitrogen and oxygen atoms in total. The van der Waals surface area contributed by atoms with Crippen LogP contribution in [-0.4, -0.2) is 41.1 Å². The third-order valence-electron chi connectivity index (χ3n) is 5.34. The summed E-state index contributed by atoms with van der Waals surface area (Å²) < 4.78 is 21.8. The van der Waals surface area contributed by atoms with Crippen LogP contribution in [0.4, 0.5) is 15.9 Å². The molecule has 0 atom stereocenters. The van der Waals surface area contributed by atoms with Crippen molar-refractivity contribution in [2.45, 2.75) is 20.4 Å². The Morgan fingerprint density at radius 3 is 2.88 bits per heavy atom. The lowest BCUT2D eigenvalue weighted by molar-refractivity contribution is -0.107. The predicted octanol–water partition coefficient (Wildman–Crippen LogP) is 4.71. The number of anilines is 2. The fraction of sp³-hybridized carbons (Fsp3) is 0.261. The van der Waals surface area contributed by atoms with E-state index in [1.165, 1.54) is 23.7 Å². The number of aromatic nitrogens is 3. The first-order valence-corrected chi connectivity index (χ1v) is 11.1. The van der Waals surface area contributed by atoms with E-state index in [4.69, 9.17) is 4.74 Å². The third kappa shape index (κ3) is 4.16. The zero-order chi connectivity index (χ0) is 22.7. The molecule has 1 N–H and O–H groups in total. The number of aryl methyl sites for hydroxylation is 1. The van der Waals surface area contributed by atoms with Crippen LogP contribution < -0.4 is 15.0 Å². The molecule has 4 rings (SSSR count). The number of fused-ring (bicyclic) bond motifs is 1. The van der Waals surface area contributed by atoms with Gasteiger partial charge in [0.1, 0.15) is 23.7 Å². The average molecular weight is 454 g/mol. The van der Waals surface area contributed by atoms with Crippen molar-refractivity contribution in [3.63, 3.8) is 0 Å². The number of carbonyl (C=O) groups is 1. The molecule has 0 saturated heterocycles. The normalized spacial score (nSPS) is 11.0. The minimum Gasteiger partial charge on any atom is -0.496 e. The van der Waals surface area contributed by atoms with E-state index in [2.05, 4.69) is 15.3 Å². The molecule has 1 aromatic carbocycles. The van der Waals surface area contributed by atoms with Gasteiger partial charge in [0.15, 0.2) is 0 Å². The van der Waals surface area contributed by atoms with Crippen molar-refractivity contribution in [1.29, 1.82) is 0 Å². The molecule has 0 unspecified atom stereocenters. The molecule has 0 saturated carbocycles. The first-order valence-electron chi connectivity index (χ1n) is 10.2. The summed E-state index contributed by atoms with van der Waals surface area (Å²) in [6, 6.07) is 8.83. The number of benzene rings is 1. The van der Waals surface area contributed by atoms with Gasteiger partial charge in [-0.05, 0) is 38.1 Å². The number of ether oxygens (including phenoxy) is 1. The Morgan fingerprint density at radius 2 is 2.12 bits per heavy atom. The number of methoxy groups -OCH3 is 1. The first kappa shape index (κ1) is 21.8. The van der Waals surface area contributed by atoms with E-state index in [0.29, 0.717) is 36.7 Å². The van der Waals surface area contributed by atoms with Crippen LogP contribution in [-0.2, 0) is 11.3 Å². The molecule has 3 heterocycles. The van der Waals surface area contributed by atoms with Crippen molar-refractivity contribution in [3.8, 4) is 16.3 Å². The van der Waals surface area contributed by atoms with E-state index >= 15 is 0 Å². The Morgan fingerprint density at radius 1 is 1.28 bits per heavy atom. The fourth-order valence-corrected chi connectivity index (χ4v) is 4.59. The summed E-state index contributed by atoms with van der Waals surface area (Å²) >= 11 is 1.52. The fourth-order valence-electron chi connectivity index (χ4n) is 3.72. The molecule has 0 radical (unpaired) electrons. The van der Waals surface area contributed by atoms with Gasteiger partial charge in [-0.2, -0.15) is 0 Å². The Bertz CT molecular complexity index is 1250. The van der Waals surface area contributed by atoms with E-state index in [-0.39, 0.29) is 5.82 Å². The van der Waals surface area contributed by atoms with Crippen LogP contribution >= 0.6 is 11.3 Å². The standard InChI is InChI=1S/C23H24FN5O2S/c1-4-28(14-30)16-10-21(32-12-16)19-11-22(27-13-26-19)25-7-8-29-15(2)9-17-20(31-3)6-5-18(24)23(17)29/h5-6,9-14H,4,7-8H2,1-3H3,(H,25,26,27). The van der Waals surface area contributed by atoms with Crippen molar-refractivity contribution in [2.24, 2.45) is 0 Å². The van der Waals surface area contributed by atoms with Crippen LogP contribution in [0.1, 0.15) is 12.6 Å². The van der Waals surface area contributed by atoms with Gasteiger partial charge in [0.2, 0.25) is 6.41 Å². The van der Waals surface area contributed by atoms with Gasteiger partial charge in [-0.3, -0.25) is 4.79 Å². The van der Waals surface area contributed by atoms with Crippen molar-refractivity contribution < 1.29 is 13.9 Å². The predicted molar refractivity (Wildman–Crippen MR) is 126 cm³/mol. The Labute approximate surface area is 189 Å². The van der Waals surface area contributed by atoms with Gasteiger partial charge in [0.25, 0.3) is 0 Å². The van der Waals surface area contributed by atoms with Crippen LogP contribution in [0.15, 0.2) is 42.0 Å². The quantitative estimate of drug-likeness (QED) is 0.372. The molecule has 32 heavy (non-hydrogen) atoms. The molecular formula is C23H24FN5O2S. The monoisotopic (exact) mass is 453 g/mol. The lowest BCUT2D eigenvalue weighted by Gasteiger charge is -2.12. The number of rotatable bonds is 9. The average Bonchev–Trinajstić information content (AvgIpc) is 3.41. The van der Waals surface area contributed by atoms with Crippen molar-refractivity contribution in [1.82, 2.24) is 14.5 Å². The highest BCUT2D eigenvalue weighted by atomic mass is 32.1. The van der Waals surface area contributed by atoms with Gasteiger partial charge in [-0.25, -0.2) is 14.4 Å². The topological polar surface area (TPSA) is 72.3 Å². The number of hydrogen-bond acceptors (Lipinski definition) is 6. The summed E-state index contributed by atoms with van der Waals surface area (Å²) in [5.74, 6) is 1.06. The number of carbonyl (C=O) groups excluding carboxylic acids is 1. The van der Waals surface area contributed by atoms with Crippen molar-refractivity contribution in [2.75, 3.05) is 30.4 Å². The molecule has 0 aliphatic rings. The van der Waals surface area contributed by atoms with E-state index in [1.807, 2.05) is 42.0 Å². The van der Waals surface area contributed by atoms with E-state index < -0.39 is 0 Å². The molecule has 3 aromatic heterocycles. The maximum absolute atomic E-state index is 14.5. The summed E-state index contributed by atoms with van der Waals surface area (Å²) in [4.78, 5) is 22.4. The second-order valence-electron chi connectivity index (χ2n) is 7.23. The zero-order valence-corrected chi connectivity index (χ0v) is 18.9. The SMILES string of the molecule is CCN(C=O)c1csc(-c2cc(NCCn3c(C)cc4c(OC)ccc(F)c43)ncn2)c1. The molecule has 0 aliphatic heterocycles.